The number of amides is 1. The minimum absolute atomic E-state index is 0.0624. The number of rotatable bonds is 9. The first-order valence-electron chi connectivity index (χ1n) is 9.80. The average Bonchev–Trinajstić information content (AvgIpc) is 3.02. The molecule has 0 aliphatic carbocycles. The number of aliphatic hydroxyl groups excluding tert-OH is 1. The van der Waals surface area contributed by atoms with E-state index in [1.54, 1.807) is 30.3 Å². The monoisotopic (exact) mass is 407 g/mol. The van der Waals surface area contributed by atoms with E-state index in [0.717, 1.165) is 5.56 Å². The van der Waals surface area contributed by atoms with Gasteiger partial charge in [-0.25, -0.2) is 0 Å². The van der Waals surface area contributed by atoms with E-state index < -0.39 is 23.5 Å². The zero-order valence-electron chi connectivity index (χ0n) is 17.1. The van der Waals surface area contributed by atoms with Crippen LogP contribution < -0.4 is 4.74 Å². The third-order valence-corrected chi connectivity index (χ3v) is 4.84. The van der Waals surface area contributed by atoms with Gasteiger partial charge in [-0.05, 0) is 36.3 Å². The molecule has 0 radical (unpaired) electrons. The van der Waals surface area contributed by atoms with Crippen LogP contribution in [-0.2, 0) is 14.3 Å². The van der Waals surface area contributed by atoms with Crippen molar-refractivity contribution in [1.82, 2.24) is 4.90 Å². The highest BCUT2D eigenvalue weighted by molar-refractivity contribution is 6.14. The van der Waals surface area contributed by atoms with Gasteiger partial charge in [0.2, 0.25) is 0 Å². The zero-order chi connectivity index (χ0) is 21.5. The molecule has 0 saturated heterocycles. The SMILES string of the molecule is CCOc1ccc(C2C(C(=O)/C=C/c3ccccc3)=C(O)C(=O)N2CCOC)cc1. The lowest BCUT2D eigenvalue weighted by atomic mass is 9.95. The maximum absolute atomic E-state index is 13.0. The Hall–Kier alpha value is -3.38. The molecular formula is C24H25NO5. The fraction of sp³-hybridized carbons (Fsp3) is 0.250. The summed E-state index contributed by atoms with van der Waals surface area (Å²) >= 11 is 0. The van der Waals surface area contributed by atoms with E-state index in [1.807, 2.05) is 37.3 Å². The number of allylic oxidation sites excluding steroid dienone is 1. The largest absolute Gasteiger partial charge is 0.503 e. The summed E-state index contributed by atoms with van der Waals surface area (Å²) in [5, 5.41) is 10.5. The quantitative estimate of drug-likeness (QED) is 0.642. The highest BCUT2D eigenvalue weighted by atomic mass is 16.5. The maximum Gasteiger partial charge on any atom is 0.290 e. The predicted octanol–water partition coefficient (Wildman–Crippen LogP) is 3.71. The number of carbonyl (C=O) groups excluding carboxylic acids is 2. The molecule has 3 rings (SSSR count). The minimum Gasteiger partial charge on any atom is -0.503 e. The van der Waals surface area contributed by atoms with Crippen LogP contribution in [0.2, 0.25) is 0 Å². The highest BCUT2D eigenvalue weighted by Crippen LogP contribution is 2.38. The van der Waals surface area contributed by atoms with Gasteiger partial charge >= 0.3 is 0 Å². The van der Waals surface area contributed by atoms with Gasteiger partial charge in [0, 0.05) is 13.7 Å². The molecule has 1 heterocycles. The van der Waals surface area contributed by atoms with Crippen molar-refractivity contribution in [1.29, 1.82) is 0 Å². The third-order valence-electron chi connectivity index (χ3n) is 4.84. The second-order valence-electron chi connectivity index (χ2n) is 6.77. The average molecular weight is 407 g/mol. The molecule has 156 valence electrons. The minimum atomic E-state index is -0.698. The second kappa shape index (κ2) is 9.89. The molecule has 1 aliphatic rings. The van der Waals surface area contributed by atoms with E-state index in [4.69, 9.17) is 9.47 Å². The summed E-state index contributed by atoms with van der Waals surface area (Å²) in [5.74, 6) is -0.822. The van der Waals surface area contributed by atoms with Gasteiger partial charge in [-0.15, -0.1) is 0 Å². The van der Waals surface area contributed by atoms with E-state index in [2.05, 4.69) is 0 Å². The Bertz CT molecular complexity index is 947. The topological polar surface area (TPSA) is 76.1 Å². The molecule has 0 saturated carbocycles. The molecule has 6 heteroatoms. The number of ether oxygens (including phenoxy) is 2. The van der Waals surface area contributed by atoms with Gasteiger partial charge in [0.15, 0.2) is 11.5 Å². The van der Waals surface area contributed by atoms with Crippen LogP contribution in [0.1, 0.15) is 24.1 Å². The van der Waals surface area contributed by atoms with Gasteiger partial charge in [-0.3, -0.25) is 9.59 Å². The third kappa shape index (κ3) is 4.60. The van der Waals surface area contributed by atoms with Crippen LogP contribution >= 0.6 is 0 Å². The van der Waals surface area contributed by atoms with Gasteiger partial charge in [-0.1, -0.05) is 48.5 Å². The lowest BCUT2D eigenvalue weighted by molar-refractivity contribution is -0.130. The van der Waals surface area contributed by atoms with Crippen molar-refractivity contribution < 1.29 is 24.2 Å². The number of benzene rings is 2. The number of nitrogens with zero attached hydrogens (tertiary/aromatic N) is 1. The smallest absolute Gasteiger partial charge is 0.290 e. The Morgan fingerprint density at radius 3 is 2.47 bits per heavy atom. The lowest BCUT2D eigenvalue weighted by Gasteiger charge is -2.26. The fourth-order valence-corrected chi connectivity index (χ4v) is 3.41. The number of hydrogen-bond donors (Lipinski definition) is 1. The van der Waals surface area contributed by atoms with Crippen LogP contribution in [0.4, 0.5) is 0 Å². The normalized spacial score (nSPS) is 16.5. The van der Waals surface area contributed by atoms with Crippen molar-refractivity contribution in [3.8, 4) is 5.75 Å². The Morgan fingerprint density at radius 1 is 1.13 bits per heavy atom. The molecule has 1 unspecified atom stereocenters. The van der Waals surface area contributed by atoms with E-state index in [0.29, 0.717) is 17.9 Å². The molecule has 0 fully saturated rings. The first-order valence-corrected chi connectivity index (χ1v) is 9.80. The molecule has 1 amide bonds. The van der Waals surface area contributed by atoms with Gasteiger partial charge in [0.05, 0.1) is 24.8 Å². The van der Waals surface area contributed by atoms with Crippen molar-refractivity contribution in [2.45, 2.75) is 13.0 Å². The summed E-state index contributed by atoms with van der Waals surface area (Å²) in [6.07, 6.45) is 3.05. The number of hydrogen-bond acceptors (Lipinski definition) is 5. The van der Waals surface area contributed by atoms with Crippen LogP contribution in [0.5, 0.6) is 5.75 Å². The van der Waals surface area contributed by atoms with Gasteiger partial charge in [0.25, 0.3) is 5.91 Å². The van der Waals surface area contributed by atoms with Crippen LogP contribution in [0, 0.1) is 0 Å². The highest BCUT2D eigenvalue weighted by Gasteiger charge is 2.42. The summed E-state index contributed by atoms with van der Waals surface area (Å²) in [5.41, 5.74) is 1.62. The molecule has 1 aliphatic heterocycles. The molecule has 30 heavy (non-hydrogen) atoms. The second-order valence-corrected chi connectivity index (χ2v) is 6.77. The Morgan fingerprint density at radius 2 is 1.83 bits per heavy atom. The molecule has 2 aromatic rings. The first-order chi connectivity index (χ1) is 14.6. The molecular weight excluding hydrogens is 382 g/mol. The van der Waals surface area contributed by atoms with Crippen molar-refractivity contribution in [3.63, 3.8) is 0 Å². The molecule has 1 N–H and O–H groups in total. The Balaban J connectivity index is 1.95. The molecule has 0 bridgehead atoms. The Kier molecular flexibility index (Phi) is 7.03. The zero-order valence-corrected chi connectivity index (χ0v) is 17.1. The van der Waals surface area contributed by atoms with Gasteiger partial charge in [-0.2, -0.15) is 0 Å². The molecule has 0 spiro atoms. The van der Waals surface area contributed by atoms with Crippen LogP contribution in [0.3, 0.4) is 0 Å². The van der Waals surface area contributed by atoms with Crippen molar-refractivity contribution >= 4 is 17.8 Å². The van der Waals surface area contributed by atoms with Crippen molar-refractivity contribution in [3.05, 3.63) is 83.1 Å². The van der Waals surface area contributed by atoms with Crippen LogP contribution in [-0.4, -0.2) is 48.6 Å². The molecule has 6 nitrogen and oxygen atoms in total. The summed E-state index contributed by atoms with van der Waals surface area (Å²) in [6.45, 7) is 2.97. The summed E-state index contributed by atoms with van der Waals surface area (Å²) in [4.78, 5) is 27.2. The fourth-order valence-electron chi connectivity index (χ4n) is 3.41. The number of carbonyl (C=O) groups is 2. The van der Waals surface area contributed by atoms with Crippen LogP contribution in [0.25, 0.3) is 6.08 Å². The van der Waals surface area contributed by atoms with Crippen molar-refractivity contribution in [2.24, 2.45) is 0 Å². The summed E-state index contributed by atoms with van der Waals surface area (Å²) in [6, 6.07) is 15.8. The van der Waals surface area contributed by atoms with Gasteiger partial charge in [0.1, 0.15) is 5.75 Å². The first kappa shape index (κ1) is 21.3. The van der Waals surface area contributed by atoms with Gasteiger partial charge < -0.3 is 19.5 Å². The lowest BCUT2D eigenvalue weighted by Crippen LogP contribution is -2.33. The number of methoxy groups -OCH3 is 1. The van der Waals surface area contributed by atoms with E-state index in [9.17, 15) is 14.7 Å². The number of aliphatic hydroxyl groups is 1. The predicted molar refractivity (Wildman–Crippen MR) is 114 cm³/mol. The number of ketones is 1. The summed E-state index contributed by atoms with van der Waals surface area (Å²) < 4.78 is 10.6. The molecule has 2 aromatic carbocycles. The van der Waals surface area contributed by atoms with Crippen LogP contribution in [0.15, 0.2) is 72.0 Å². The Labute approximate surface area is 176 Å². The molecule has 1 atom stereocenters. The standard InChI is InChI=1S/C24H25NO5/c1-3-30-19-12-10-18(11-13-19)22-21(23(27)24(28)25(22)15-16-29-2)20(26)14-9-17-7-5-4-6-8-17/h4-14,22,27H,3,15-16H2,1-2H3/b14-9+. The van der Waals surface area contributed by atoms with E-state index >= 15 is 0 Å². The summed E-state index contributed by atoms with van der Waals surface area (Å²) in [7, 11) is 1.54. The molecule has 0 aromatic heterocycles. The van der Waals surface area contributed by atoms with Crippen molar-refractivity contribution in [2.75, 3.05) is 26.9 Å². The van der Waals surface area contributed by atoms with E-state index in [1.165, 1.54) is 18.1 Å². The maximum atomic E-state index is 13.0. The van der Waals surface area contributed by atoms with E-state index in [-0.39, 0.29) is 18.7 Å².